The van der Waals surface area contributed by atoms with Gasteiger partial charge in [-0.15, -0.1) is 0 Å². The van der Waals surface area contributed by atoms with Crippen molar-refractivity contribution in [2.75, 3.05) is 13.1 Å². The number of phenolic OH excluding ortho intramolecular Hbond substituents is 2. The Morgan fingerprint density at radius 2 is 1.02 bits per heavy atom. The molecular weight excluding hydrogens is 516 g/mol. The molecule has 1 fully saturated rings. The molecule has 0 spiro atoms. The second kappa shape index (κ2) is 15.6. The van der Waals surface area contributed by atoms with E-state index in [1.165, 1.54) is 60.8 Å². The van der Waals surface area contributed by atoms with E-state index in [2.05, 4.69) is 91.2 Å². The van der Waals surface area contributed by atoms with Gasteiger partial charge in [0.25, 0.3) is 0 Å². The van der Waals surface area contributed by atoms with Crippen molar-refractivity contribution < 1.29 is 10.2 Å². The van der Waals surface area contributed by atoms with E-state index in [4.69, 9.17) is 0 Å². The molecule has 1 aliphatic rings. The average Bonchev–Trinajstić information content (AvgIpc) is 2.98. The van der Waals surface area contributed by atoms with Crippen LogP contribution >= 0.6 is 0 Å². The van der Waals surface area contributed by atoms with Crippen molar-refractivity contribution in [3.05, 3.63) is 56.6 Å². The van der Waals surface area contributed by atoms with Gasteiger partial charge in [-0.05, 0) is 110 Å². The number of hydrogen-bond donors (Lipinski definition) is 2. The van der Waals surface area contributed by atoms with Gasteiger partial charge in [-0.3, -0.25) is 9.80 Å². The smallest absolute Gasteiger partial charge is 0.122 e. The Bertz CT molecular complexity index is 1080. The lowest BCUT2D eigenvalue weighted by atomic mass is 9.87. The molecule has 236 valence electrons. The highest BCUT2D eigenvalue weighted by molar-refractivity contribution is 5.51. The van der Waals surface area contributed by atoms with Crippen molar-refractivity contribution in [2.24, 2.45) is 0 Å². The first-order valence-corrected chi connectivity index (χ1v) is 17.1. The van der Waals surface area contributed by atoms with E-state index in [1.807, 2.05) is 0 Å². The molecule has 0 aliphatic carbocycles. The van der Waals surface area contributed by atoms with Crippen LogP contribution in [0.1, 0.15) is 149 Å². The Hall–Kier alpha value is -2.04. The molecule has 0 bridgehead atoms. The molecule has 1 aliphatic heterocycles. The molecular formula is C38H62N2O2. The number of benzene rings is 2. The Labute approximate surface area is 258 Å². The van der Waals surface area contributed by atoms with Crippen LogP contribution in [0.4, 0.5) is 0 Å². The van der Waals surface area contributed by atoms with E-state index in [1.54, 1.807) is 0 Å². The third-order valence-corrected chi connectivity index (χ3v) is 10.6. The fourth-order valence-corrected chi connectivity index (χ4v) is 7.22. The van der Waals surface area contributed by atoms with Crippen molar-refractivity contribution in [3.63, 3.8) is 0 Å². The molecule has 1 saturated heterocycles. The zero-order valence-electron chi connectivity index (χ0n) is 28.7. The summed E-state index contributed by atoms with van der Waals surface area (Å²) in [7, 11) is 0. The van der Waals surface area contributed by atoms with Crippen LogP contribution in [0.15, 0.2) is 12.1 Å². The molecule has 2 N–H and O–H groups in total. The first kappa shape index (κ1) is 34.5. The van der Waals surface area contributed by atoms with Crippen LogP contribution in [0.5, 0.6) is 11.5 Å². The van der Waals surface area contributed by atoms with Gasteiger partial charge in [0.15, 0.2) is 0 Å². The maximum atomic E-state index is 11.2. The Morgan fingerprint density at radius 1 is 0.667 bits per heavy atom. The molecule has 0 radical (unpaired) electrons. The fraction of sp³-hybridized carbons (Fsp3) is 0.684. The largest absolute Gasteiger partial charge is 0.507 e. The van der Waals surface area contributed by atoms with E-state index in [0.29, 0.717) is 35.4 Å². The van der Waals surface area contributed by atoms with Crippen LogP contribution in [-0.2, 0) is 13.1 Å². The second-order valence-corrected chi connectivity index (χ2v) is 13.4. The van der Waals surface area contributed by atoms with Crippen molar-refractivity contribution in [3.8, 4) is 11.5 Å². The molecule has 0 amide bonds. The summed E-state index contributed by atoms with van der Waals surface area (Å²) >= 11 is 0. The summed E-state index contributed by atoms with van der Waals surface area (Å²) < 4.78 is 0. The van der Waals surface area contributed by atoms with Crippen LogP contribution in [0.2, 0.25) is 0 Å². The number of piperazine rings is 1. The van der Waals surface area contributed by atoms with Crippen molar-refractivity contribution >= 4 is 0 Å². The molecule has 0 aromatic heterocycles. The Morgan fingerprint density at radius 3 is 1.33 bits per heavy atom. The number of unbranched alkanes of at least 4 members (excludes halogenated alkanes) is 2. The third kappa shape index (κ3) is 7.53. The zero-order valence-corrected chi connectivity index (χ0v) is 28.7. The van der Waals surface area contributed by atoms with Gasteiger partial charge in [0, 0.05) is 38.3 Å². The number of phenols is 2. The summed E-state index contributed by atoms with van der Waals surface area (Å²) in [6.45, 7) is 26.0. The lowest BCUT2D eigenvalue weighted by Crippen LogP contribution is -2.59. The topological polar surface area (TPSA) is 46.9 Å². The first-order chi connectivity index (χ1) is 20.0. The predicted octanol–water partition coefficient (Wildman–Crippen LogP) is 9.79. The van der Waals surface area contributed by atoms with E-state index >= 15 is 0 Å². The highest BCUT2D eigenvalue weighted by Crippen LogP contribution is 2.38. The molecule has 2 aromatic carbocycles. The maximum Gasteiger partial charge on any atom is 0.122 e. The number of rotatable bonds is 14. The van der Waals surface area contributed by atoms with Crippen LogP contribution in [0.25, 0.3) is 0 Å². The van der Waals surface area contributed by atoms with Crippen molar-refractivity contribution in [2.45, 2.75) is 158 Å². The van der Waals surface area contributed by atoms with Crippen molar-refractivity contribution in [1.29, 1.82) is 0 Å². The van der Waals surface area contributed by atoms with Crippen LogP contribution < -0.4 is 0 Å². The monoisotopic (exact) mass is 578 g/mol. The maximum absolute atomic E-state index is 11.2. The van der Waals surface area contributed by atoms with E-state index < -0.39 is 0 Å². The zero-order chi connectivity index (χ0) is 31.1. The molecule has 4 heteroatoms. The van der Waals surface area contributed by atoms with Crippen LogP contribution in [-0.4, -0.2) is 45.2 Å². The standard InChI is InChI=1S/C38H62N2O2/c1-11-15-17-35-36(18-16-12-2)40(24-34-28(8)22-32(26(6)14-4)38(42)30(34)10)20-19-39(35)23-33-27(7)21-31(25(5)13-3)37(41)29(33)9/h21-22,25-26,35-36,41-42H,11-20,23-24H2,1-10H3. The minimum absolute atomic E-state index is 0.362. The van der Waals surface area contributed by atoms with Gasteiger partial charge in [0.05, 0.1) is 0 Å². The average molecular weight is 579 g/mol. The third-order valence-electron chi connectivity index (χ3n) is 10.6. The van der Waals surface area contributed by atoms with Gasteiger partial charge in [-0.25, -0.2) is 0 Å². The molecule has 2 aromatic rings. The minimum Gasteiger partial charge on any atom is -0.507 e. The summed E-state index contributed by atoms with van der Waals surface area (Å²) in [5.74, 6) is 1.73. The van der Waals surface area contributed by atoms with Crippen LogP contribution in [0, 0.1) is 27.7 Å². The Balaban J connectivity index is 1.97. The normalized spacial score (nSPS) is 19.8. The highest BCUT2D eigenvalue weighted by Gasteiger charge is 2.36. The molecule has 0 saturated carbocycles. The van der Waals surface area contributed by atoms with Crippen LogP contribution in [0.3, 0.4) is 0 Å². The predicted molar refractivity (Wildman–Crippen MR) is 180 cm³/mol. The van der Waals surface area contributed by atoms with Gasteiger partial charge in [0.1, 0.15) is 11.5 Å². The molecule has 3 rings (SSSR count). The fourth-order valence-electron chi connectivity index (χ4n) is 7.22. The molecule has 4 atom stereocenters. The number of nitrogens with zero attached hydrogens (tertiary/aromatic N) is 2. The number of aromatic hydroxyl groups is 2. The van der Waals surface area contributed by atoms with E-state index in [-0.39, 0.29) is 0 Å². The van der Waals surface area contributed by atoms with Gasteiger partial charge in [0.2, 0.25) is 0 Å². The SMILES string of the molecule is CCCCC1C(CCCC)N(Cc2c(C)cc(C(C)CC)c(O)c2C)CCN1Cc1c(C)cc(C(C)CC)c(O)c1C. The van der Waals surface area contributed by atoms with E-state index in [0.717, 1.165) is 61.3 Å². The highest BCUT2D eigenvalue weighted by atomic mass is 16.3. The number of hydrogen-bond acceptors (Lipinski definition) is 4. The molecule has 42 heavy (non-hydrogen) atoms. The molecule has 1 heterocycles. The minimum atomic E-state index is 0.362. The van der Waals surface area contributed by atoms with Crippen molar-refractivity contribution in [1.82, 2.24) is 9.80 Å². The number of aryl methyl sites for hydroxylation is 2. The Kier molecular flexibility index (Phi) is 12.8. The van der Waals surface area contributed by atoms with Gasteiger partial charge in [-0.1, -0.05) is 79.4 Å². The first-order valence-electron chi connectivity index (χ1n) is 17.1. The second-order valence-electron chi connectivity index (χ2n) is 13.4. The summed E-state index contributed by atoms with van der Waals surface area (Å²) in [6.07, 6.45) is 9.34. The summed E-state index contributed by atoms with van der Waals surface area (Å²) in [5, 5.41) is 22.4. The van der Waals surface area contributed by atoms with Gasteiger partial charge < -0.3 is 10.2 Å². The summed E-state index contributed by atoms with van der Waals surface area (Å²) in [5.41, 5.74) is 9.55. The quantitative estimate of drug-likeness (QED) is 0.234. The molecule has 4 nitrogen and oxygen atoms in total. The molecule has 4 unspecified atom stereocenters. The van der Waals surface area contributed by atoms with Gasteiger partial charge in [-0.2, -0.15) is 0 Å². The van der Waals surface area contributed by atoms with E-state index in [9.17, 15) is 10.2 Å². The summed E-state index contributed by atoms with van der Waals surface area (Å²) in [4.78, 5) is 5.49. The van der Waals surface area contributed by atoms with Gasteiger partial charge >= 0.3 is 0 Å². The lowest BCUT2D eigenvalue weighted by Gasteiger charge is -2.49. The summed E-state index contributed by atoms with van der Waals surface area (Å²) in [6, 6.07) is 5.46. The lowest BCUT2D eigenvalue weighted by molar-refractivity contribution is -0.000872.